The standard InChI is InChI=1S/C24H23NO3/c1-18(2)16-27-21-12-8-11-20(15-21)24(26)25-22-13-6-7-14-23(22)28-17-19-9-4-3-5-10-19/h3-15H,1,16-17H2,2H3,(H,25,26). The van der Waals surface area contributed by atoms with E-state index in [0.29, 0.717) is 36.0 Å². The normalized spacial score (nSPS) is 10.2. The lowest BCUT2D eigenvalue weighted by Gasteiger charge is -2.13. The summed E-state index contributed by atoms with van der Waals surface area (Å²) in [4.78, 5) is 12.7. The van der Waals surface area contributed by atoms with Crippen molar-refractivity contribution in [2.45, 2.75) is 13.5 Å². The Morgan fingerprint density at radius 3 is 2.46 bits per heavy atom. The molecule has 142 valence electrons. The van der Waals surface area contributed by atoms with E-state index in [0.717, 1.165) is 11.1 Å². The molecule has 0 spiro atoms. The zero-order chi connectivity index (χ0) is 19.8. The number of benzene rings is 3. The summed E-state index contributed by atoms with van der Waals surface area (Å²) in [5.74, 6) is 1.02. The van der Waals surface area contributed by atoms with Crippen LogP contribution in [-0.2, 0) is 6.61 Å². The van der Waals surface area contributed by atoms with Gasteiger partial charge in [0.25, 0.3) is 5.91 Å². The van der Waals surface area contributed by atoms with Crippen molar-refractivity contribution >= 4 is 11.6 Å². The van der Waals surface area contributed by atoms with Crippen molar-refractivity contribution in [2.24, 2.45) is 0 Å². The Morgan fingerprint density at radius 2 is 1.68 bits per heavy atom. The third-order valence-electron chi connectivity index (χ3n) is 3.95. The molecular weight excluding hydrogens is 350 g/mol. The molecule has 1 N–H and O–H groups in total. The first-order valence-electron chi connectivity index (χ1n) is 9.06. The number of para-hydroxylation sites is 2. The van der Waals surface area contributed by atoms with E-state index in [-0.39, 0.29) is 5.91 Å². The molecule has 4 heteroatoms. The van der Waals surface area contributed by atoms with Crippen LogP contribution >= 0.6 is 0 Å². The highest BCUT2D eigenvalue weighted by molar-refractivity contribution is 6.05. The summed E-state index contributed by atoms with van der Waals surface area (Å²) in [7, 11) is 0. The molecule has 0 saturated carbocycles. The van der Waals surface area contributed by atoms with Crippen LogP contribution in [0.25, 0.3) is 0 Å². The molecule has 0 aromatic heterocycles. The predicted molar refractivity (Wildman–Crippen MR) is 112 cm³/mol. The minimum Gasteiger partial charge on any atom is -0.489 e. The SMILES string of the molecule is C=C(C)COc1cccc(C(=O)Nc2ccccc2OCc2ccccc2)c1. The first kappa shape index (κ1) is 19.2. The number of hydrogen-bond donors (Lipinski definition) is 1. The average molecular weight is 373 g/mol. The molecule has 1 amide bonds. The number of nitrogens with one attached hydrogen (secondary N) is 1. The van der Waals surface area contributed by atoms with Gasteiger partial charge in [0.05, 0.1) is 5.69 Å². The van der Waals surface area contributed by atoms with Crippen molar-refractivity contribution in [3.63, 3.8) is 0 Å². The summed E-state index contributed by atoms with van der Waals surface area (Å²) in [5, 5.41) is 2.92. The van der Waals surface area contributed by atoms with Gasteiger partial charge in [-0.3, -0.25) is 4.79 Å². The average Bonchev–Trinajstić information content (AvgIpc) is 2.72. The predicted octanol–water partition coefficient (Wildman–Crippen LogP) is 5.47. The molecule has 3 aromatic carbocycles. The molecule has 0 atom stereocenters. The molecule has 0 radical (unpaired) electrons. The van der Waals surface area contributed by atoms with Crippen LogP contribution in [-0.4, -0.2) is 12.5 Å². The first-order chi connectivity index (χ1) is 13.6. The van der Waals surface area contributed by atoms with E-state index >= 15 is 0 Å². The number of carbonyl (C=O) groups excluding carboxylic acids is 1. The molecule has 3 aromatic rings. The van der Waals surface area contributed by atoms with Gasteiger partial charge < -0.3 is 14.8 Å². The van der Waals surface area contributed by atoms with Crippen molar-refractivity contribution in [3.05, 3.63) is 102 Å². The number of rotatable bonds is 8. The maximum atomic E-state index is 12.7. The molecule has 4 nitrogen and oxygen atoms in total. The number of ether oxygens (including phenoxy) is 2. The Bertz CT molecular complexity index is 951. The molecule has 28 heavy (non-hydrogen) atoms. The molecule has 0 heterocycles. The van der Waals surface area contributed by atoms with Crippen molar-refractivity contribution in [2.75, 3.05) is 11.9 Å². The van der Waals surface area contributed by atoms with Crippen LogP contribution in [0.3, 0.4) is 0 Å². The highest BCUT2D eigenvalue weighted by Crippen LogP contribution is 2.26. The summed E-state index contributed by atoms with van der Waals surface area (Å²) in [6.07, 6.45) is 0. The minimum absolute atomic E-state index is 0.225. The van der Waals surface area contributed by atoms with Gasteiger partial charge in [0, 0.05) is 5.56 Å². The molecule has 0 aliphatic rings. The Kier molecular flexibility index (Phi) is 6.47. The monoisotopic (exact) mass is 373 g/mol. The summed E-state index contributed by atoms with van der Waals surface area (Å²) in [6.45, 7) is 6.55. The molecule has 0 fully saturated rings. The third kappa shape index (κ3) is 5.48. The van der Waals surface area contributed by atoms with Gasteiger partial charge in [-0.25, -0.2) is 0 Å². The highest BCUT2D eigenvalue weighted by Gasteiger charge is 2.11. The summed E-state index contributed by atoms with van der Waals surface area (Å²) in [6, 6.07) is 24.4. The van der Waals surface area contributed by atoms with Crippen LogP contribution in [0, 0.1) is 0 Å². The van der Waals surface area contributed by atoms with E-state index in [2.05, 4.69) is 11.9 Å². The Balaban J connectivity index is 1.69. The van der Waals surface area contributed by atoms with Gasteiger partial charge in [-0.2, -0.15) is 0 Å². The van der Waals surface area contributed by atoms with Gasteiger partial charge >= 0.3 is 0 Å². The first-order valence-corrected chi connectivity index (χ1v) is 9.06. The van der Waals surface area contributed by atoms with Crippen molar-refractivity contribution in [1.29, 1.82) is 0 Å². The van der Waals surface area contributed by atoms with Gasteiger partial charge in [-0.1, -0.05) is 55.1 Å². The van der Waals surface area contributed by atoms with E-state index in [4.69, 9.17) is 9.47 Å². The largest absolute Gasteiger partial charge is 0.489 e. The van der Waals surface area contributed by atoms with Crippen LogP contribution in [0.4, 0.5) is 5.69 Å². The zero-order valence-corrected chi connectivity index (χ0v) is 15.9. The smallest absolute Gasteiger partial charge is 0.255 e. The highest BCUT2D eigenvalue weighted by atomic mass is 16.5. The van der Waals surface area contributed by atoms with E-state index in [9.17, 15) is 4.79 Å². The second-order valence-electron chi connectivity index (χ2n) is 6.50. The number of anilines is 1. The third-order valence-corrected chi connectivity index (χ3v) is 3.95. The minimum atomic E-state index is -0.225. The molecule has 0 bridgehead atoms. The van der Waals surface area contributed by atoms with Gasteiger partial charge in [-0.15, -0.1) is 0 Å². The van der Waals surface area contributed by atoms with Crippen LogP contribution in [0.2, 0.25) is 0 Å². The fourth-order valence-electron chi connectivity index (χ4n) is 2.56. The van der Waals surface area contributed by atoms with E-state index in [1.807, 2.05) is 67.6 Å². The summed E-state index contributed by atoms with van der Waals surface area (Å²) in [5.41, 5.74) is 3.11. The van der Waals surface area contributed by atoms with Gasteiger partial charge in [0.15, 0.2) is 0 Å². The van der Waals surface area contributed by atoms with Crippen LogP contribution in [0.15, 0.2) is 91.0 Å². The lowest BCUT2D eigenvalue weighted by molar-refractivity contribution is 0.102. The molecule has 0 saturated heterocycles. The van der Waals surface area contributed by atoms with Crippen molar-refractivity contribution in [3.8, 4) is 11.5 Å². The second-order valence-corrected chi connectivity index (χ2v) is 6.50. The van der Waals surface area contributed by atoms with Gasteiger partial charge in [0.2, 0.25) is 0 Å². The van der Waals surface area contributed by atoms with Crippen molar-refractivity contribution < 1.29 is 14.3 Å². The van der Waals surface area contributed by atoms with Crippen LogP contribution in [0.5, 0.6) is 11.5 Å². The van der Waals surface area contributed by atoms with Crippen LogP contribution < -0.4 is 14.8 Å². The Hall–Kier alpha value is -3.53. The Morgan fingerprint density at radius 1 is 0.929 bits per heavy atom. The maximum Gasteiger partial charge on any atom is 0.255 e. The molecule has 3 rings (SSSR count). The van der Waals surface area contributed by atoms with Crippen molar-refractivity contribution in [1.82, 2.24) is 0 Å². The fourth-order valence-corrected chi connectivity index (χ4v) is 2.56. The summed E-state index contributed by atoms with van der Waals surface area (Å²) < 4.78 is 11.5. The van der Waals surface area contributed by atoms with Gasteiger partial charge in [-0.05, 0) is 48.4 Å². The second kappa shape index (κ2) is 9.42. The van der Waals surface area contributed by atoms with E-state index in [1.54, 1.807) is 18.2 Å². The number of hydrogen-bond acceptors (Lipinski definition) is 3. The van der Waals surface area contributed by atoms with Crippen LogP contribution in [0.1, 0.15) is 22.8 Å². The number of carbonyl (C=O) groups is 1. The molecule has 0 unspecified atom stereocenters. The van der Waals surface area contributed by atoms with E-state index in [1.165, 1.54) is 0 Å². The maximum absolute atomic E-state index is 12.7. The lowest BCUT2D eigenvalue weighted by Crippen LogP contribution is -2.13. The quantitative estimate of drug-likeness (QED) is 0.532. The lowest BCUT2D eigenvalue weighted by atomic mass is 10.2. The Labute approximate surface area is 165 Å². The topological polar surface area (TPSA) is 47.6 Å². The molecular formula is C24H23NO3. The molecule has 0 aliphatic heterocycles. The fraction of sp³-hybridized carbons (Fsp3) is 0.125. The molecule has 0 aliphatic carbocycles. The van der Waals surface area contributed by atoms with Gasteiger partial charge in [0.1, 0.15) is 24.7 Å². The zero-order valence-electron chi connectivity index (χ0n) is 15.9. The van der Waals surface area contributed by atoms with E-state index < -0.39 is 0 Å². The summed E-state index contributed by atoms with van der Waals surface area (Å²) >= 11 is 0. The number of amides is 1.